The Morgan fingerprint density at radius 3 is 1.43 bits per heavy atom. The quantitative estimate of drug-likeness (QED) is 0.466. The summed E-state index contributed by atoms with van der Waals surface area (Å²) < 4.78 is 96.1. The van der Waals surface area contributed by atoms with Gasteiger partial charge in [0.15, 0.2) is 0 Å². The zero-order valence-electron chi connectivity index (χ0n) is 5.93. The molecule has 0 rings (SSSR count). The molecular formula is C3H3F6IO3S. The summed E-state index contributed by atoms with van der Waals surface area (Å²) in [5, 5.41) is -5.88. The van der Waals surface area contributed by atoms with Gasteiger partial charge in [-0.15, -0.1) is 24.0 Å². The summed E-state index contributed by atoms with van der Waals surface area (Å²) in [7, 11) is -6.41. The van der Waals surface area contributed by atoms with Crippen LogP contribution in [0.3, 0.4) is 0 Å². The second-order valence-electron chi connectivity index (χ2n) is 1.94. The van der Waals surface area contributed by atoms with Crippen LogP contribution < -0.4 is 0 Å². The molecule has 0 aliphatic rings. The molecule has 1 N–H and O–H groups in total. The van der Waals surface area contributed by atoms with Crippen molar-refractivity contribution in [2.75, 3.05) is 0 Å². The molecule has 0 amide bonds. The Hall–Kier alpha value is 0.220. The fourth-order valence-corrected chi connectivity index (χ4v) is 0.716. The Morgan fingerprint density at radius 1 is 1.07 bits per heavy atom. The topological polar surface area (TPSA) is 54.4 Å². The Labute approximate surface area is 91.2 Å². The monoisotopic (exact) mass is 360 g/mol. The molecule has 0 heterocycles. The molecule has 0 saturated carbocycles. The van der Waals surface area contributed by atoms with E-state index < -0.39 is 27.7 Å². The van der Waals surface area contributed by atoms with E-state index in [9.17, 15) is 34.8 Å². The summed E-state index contributed by atoms with van der Waals surface area (Å²) in [6.45, 7) is 0. The summed E-state index contributed by atoms with van der Waals surface area (Å²) >= 11 is 0. The highest BCUT2D eigenvalue weighted by atomic mass is 127. The minimum atomic E-state index is -6.41. The summed E-state index contributed by atoms with van der Waals surface area (Å²) in [4.78, 5) is 0. The molecule has 1 unspecified atom stereocenters. The predicted molar refractivity (Wildman–Crippen MR) is 42.9 cm³/mol. The smallest absolute Gasteiger partial charge is 0.281 e. The van der Waals surface area contributed by atoms with E-state index in [0.29, 0.717) is 0 Å². The highest BCUT2D eigenvalue weighted by Gasteiger charge is 2.64. The molecule has 1 atom stereocenters. The molecule has 0 aliphatic carbocycles. The van der Waals surface area contributed by atoms with Crippen LogP contribution >= 0.6 is 24.0 Å². The van der Waals surface area contributed by atoms with Gasteiger partial charge in [0.25, 0.3) is 6.17 Å². The van der Waals surface area contributed by atoms with Gasteiger partial charge in [-0.25, -0.2) is 4.39 Å². The van der Waals surface area contributed by atoms with Gasteiger partial charge in [-0.05, 0) is 0 Å². The van der Waals surface area contributed by atoms with E-state index in [2.05, 4.69) is 0 Å². The second-order valence-corrected chi connectivity index (χ2v) is 3.44. The van der Waals surface area contributed by atoms with Crippen molar-refractivity contribution in [3.63, 3.8) is 0 Å². The van der Waals surface area contributed by atoms with Gasteiger partial charge in [-0.2, -0.15) is 30.4 Å². The maximum atomic E-state index is 11.9. The zero-order valence-corrected chi connectivity index (χ0v) is 9.07. The van der Waals surface area contributed by atoms with Gasteiger partial charge in [0, 0.05) is 0 Å². The molecule has 88 valence electrons. The maximum absolute atomic E-state index is 11.9. The third-order valence-corrected chi connectivity index (χ3v) is 1.82. The van der Waals surface area contributed by atoms with E-state index in [1.807, 2.05) is 0 Å². The van der Waals surface area contributed by atoms with Crippen LogP contribution in [-0.2, 0) is 10.1 Å². The average Bonchev–Trinajstić information content (AvgIpc) is 1.81. The summed E-state index contributed by atoms with van der Waals surface area (Å²) in [5.41, 5.74) is 0. The molecule has 0 saturated heterocycles. The largest absolute Gasteiger partial charge is 0.426 e. The van der Waals surface area contributed by atoms with Crippen molar-refractivity contribution < 1.29 is 39.3 Å². The van der Waals surface area contributed by atoms with Crippen LogP contribution in [-0.4, -0.2) is 30.6 Å². The molecule has 0 radical (unpaired) electrons. The maximum Gasteiger partial charge on any atom is 0.426 e. The molecule has 0 aromatic rings. The van der Waals surface area contributed by atoms with E-state index in [1.54, 1.807) is 0 Å². The standard InChI is InChI=1S/C3H2F6O3S.HI/c4-1(2(5,6)7)3(8,9)13(10,11)12;/h1H,(H,10,11,12);1H. The van der Waals surface area contributed by atoms with Gasteiger partial charge in [-0.1, -0.05) is 0 Å². The summed E-state index contributed by atoms with van der Waals surface area (Å²) in [5.74, 6) is 0. The minimum absolute atomic E-state index is 0. The normalized spacial score (nSPS) is 15.9. The Bertz CT molecular complexity index is 283. The third kappa shape index (κ3) is 3.42. The van der Waals surface area contributed by atoms with Crippen molar-refractivity contribution >= 4 is 34.1 Å². The number of alkyl halides is 6. The van der Waals surface area contributed by atoms with Crippen molar-refractivity contribution in [2.24, 2.45) is 0 Å². The van der Waals surface area contributed by atoms with Gasteiger partial charge in [0.1, 0.15) is 0 Å². The van der Waals surface area contributed by atoms with Gasteiger partial charge < -0.3 is 0 Å². The van der Waals surface area contributed by atoms with E-state index in [1.165, 1.54) is 0 Å². The van der Waals surface area contributed by atoms with Crippen LogP contribution in [0.15, 0.2) is 0 Å². The lowest BCUT2D eigenvalue weighted by Crippen LogP contribution is -2.46. The molecule has 0 aliphatic heterocycles. The first-order valence-corrected chi connectivity index (χ1v) is 3.90. The summed E-state index contributed by atoms with van der Waals surface area (Å²) in [6, 6.07) is 0. The number of rotatable bonds is 2. The van der Waals surface area contributed by atoms with E-state index in [4.69, 9.17) is 4.55 Å². The highest BCUT2D eigenvalue weighted by Crippen LogP contribution is 2.37. The molecule has 3 nitrogen and oxygen atoms in total. The minimum Gasteiger partial charge on any atom is -0.281 e. The first kappa shape index (κ1) is 16.6. The van der Waals surface area contributed by atoms with Crippen molar-refractivity contribution in [1.82, 2.24) is 0 Å². The fraction of sp³-hybridized carbons (Fsp3) is 1.00. The Kier molecular flexibility index (Phi) is 5.21. The lowest BCUT2D eigenvalue weighted by atomic mass is 10.4. The van der Waals surface area contributed by atoms with Crippen LogP contribution in [0.4, 0.5) is 26.3 Å². The number of hydrogen-bond acceptors (Lipinski definition) is 2. The Morgan fingerprint density at radius 2 is 1.36 bits per heavy atom. The number of halogens is 7. The van der Waals surface area contributed by atoms with Gasteiger partial charge in [0.05, 0.1) is 0 Å². The second kappa shape index (κ2) is 4.38. The SMILES string of the molecule is I.O=S(=O)(O)C(F)(F)C(F)C(F)(F)F. The van der Waals surface area contributed by atoms with Crippen LogP contribution in [0.25, 0.3) is 0 Å². The summed E-state index contributed by atoms with van der Waals surface area (Å²) in [6.07, 6.45) is -11.0. The van der Waals surface area contributed by atoms with Crippen LogP contribution in [0, 0.1) is 0 Å². The van der Waals surface area contributed by atoms with Crippen LogP contribution in [0.2, 0.25) is 0 Å². The highest BCUT2D eigenvalue weighted by molar-refractivity contribution is 14.0. The van der Waals surface area contributed by atoms with Gasteiger partial charge >= 0.3 is 21.5 Å². The third-order valence-electron chi connectivity index (χ3n) is 0.926. The fourth-order valence-electron chi connectivity index (χ4n) is 0.321. The molecule has 0 aromatic heterocycles. The lowest BCUT2D eigenvalue weighted by molar-refractivity contribution is -0.223. The zero-order chi connectivity index (χ0) is 11.1. The van der Waals surface area contributed by atoms with Crippen molar-refractivity contribution in [2.45, 2.75) is 17.6 Å². The van der Waals surface area contributed by atoms with Crippen molar-refractivity contribution in [1.29, 1.82) is 0 Å². The molecule has 0 aromatic carbocycles. The van der Waals surface area contributed by atoms with E-state index >= 15 is 0 Å². The molecule has 0 bridgehead atoms. The molecule has 11 heteroatoms. The van der Waals surface area contributed by atoms with E-state index in [0.717, 1.165) is 0 Å². The molecule has 14 heavy (non-hydrogen) atoms. The first-order chi connectivity index (χ1) is 5.40. The molecular weight excluding hydrogens is 357 g/mol. The van der Waals surface area contributed by atoms with Crippen molar-refractivity contribution in [3.05, 3.63) is 0 Å². The Balaban J connectivity index is 0. The molecule has 0 spiro atoms. The lowest BCUT2D eigenvalue weighted by Gasteiger charge is -2.19. The molecule has 0 fully saturated rings. The van der Waals surface area contributed by atoms with Gasteiger partial charge in [-0.3, -0.25) is 4.55 Å². The first-order valence-electron chi connectivity index (χ1n) is 2.46. The van der Waals surface area contributed by atoms with Gasteiger partial charge in [0.2, 0.25) is 0 Å². The van der Waals surface area contributed by atoms with Crippen LogP contribution in [0.1, 0.15) is 0 Å². The van der Waals surface area contributed by atoms with Crippen molar-refractivity contribution in [3.8, 4) is 0 Å². The average molecular weight is 360 g/mol. The predicted octanol–water partition coefficient (Wildman–Crippen LogP) is 1.99. The van der Waals surface area contributed by atoms with E-state index in [-0.39, 0.29) is 24.0 Å². The number of hydrogen-bond donors (Lipinski definition) is 1. The van der Waals surface area contributed by atoms with Crippen LogP contribution in [0.5, 0.6) is 0 Å².